The highest BCUT2D eigenvalue weighted by Gasteiger charge is 2.67. The summed E-state index contributed by atoms with van der Waals surface area (Å²) in [7, 11) is -15.7. The highest BCUT2D eigenvalue weighted by Crippen LogP contribution is 2.44. The van der Waals surface area contributed by atoms with Gasteiger partial charge in [0.2, 0.25) is 0 Å². The highest BCUT2D eigenvalue weighted by molar-refractivity contribution is 6.98. The van der Waals surface area contributed by atoms with Crippen LogP contribution in [0.25, 0.3) is 0 Å². The normalized spacial score (nSPS) is 16.5. The summed E-state index contributed by atoms with van der Waals surface area (Å²) >= 11 is 0. The molecule has 0 bridgehead atoms. The monoisotopic (exact) mass is 666 g/mol. The molecule has 0 aliphatic rings. The molecule has 0 amide bonds. The van der Waals surface area contributed by atoms with Crippen LogP contribution in [-0.2, 0) is 28.8 Å². The minimum atomic E-state index is -3.20. The lowest BCUT2D eigenvalue weighted by Crippen LogP contribution is -2.70. The Morgan fingerprint density at radius 2 is 0.800 bits per heavy atom. The van der Waals surface area contributed by atoms with Crippen LogP contribution in [0.3, 0.4) is 0 Å². The zero-order chi connectivity index (χ0) is 28.1. The van der Waals surface area contributed by atoms with E-state index >= 15 is 0 Å². The maximum absolute atomic E-state index is 7.07. The minimum Gasteiger partial charge on any atom is -0.461 e. The van der Waals surface area contributed by atoms with Crippen LogP contribution in [0.2, 0.25) is 109 Å². The largest absolute Gasteiger partial charge is 0.476 e. The van der Waals surface area contributed by atoms with Gasteiger partial charge in [0.15, 0.2) is 41.6 Å². The van der Waals surface area contributed by atoms with Crippen molar-refractivity contribution in [3.05, 3.63) is 0 Å². The maximum atomic E-state index is 7.07. The van der Waals surface area contributed by atoms with Crippen molar-refractivity contribution < 1.29 is 28.8 Å². The van der Waals surface area contributed by atoms with Crippen LogP contribution in [0.15, 0.2) is 0 Å². The SMILES string of the molecule is C[Si](C)(C)O[SiH2]CCC([Si](O[SiH3])(O[Si](C)(C)C)O[Si](C)(C)C)[Si](O[SiH3])(O[Si](C)(C)C)O[Si](C)(C)C. The molecular formula is C18H58O7Si10. The molecule has 35 heavy (non-hydrogen) atoms. The number of hydrogen-bond donors (Lipinski definition) is 0. The molecule has 0 heterocycles. The third-order valence-corrected chi connectivity index (χ3v) is 32.7. The van der Waals surface area contributed by atoms with Gasteiger partial charge in [0, 0.05) is 0 Å². The number of hydrogen-bond acceptors (Lipinski definition) is 7. The molecular weight excluding hydrogens is 609 g/mol. The van der Waals surface area contributed by atoms with E-state index in [9.17, 15) is 0 Å². The van der Waals surface area contributed by atoms with E-state index in [1.807, 2.05) is 0 Å². The van der Waals surface area contributed by atoms with Crippen molar-refractivity contribution in [1.82, 2.24) is 0 Å². The highest BCUT2D eigenvalue weighted by atomic mass is 28.5. The van der Waals surface area contributed by atoms with Crippen molar-refractivity contribution in [2.75, 3.05) is 0 Å². The summed E-state index contributed by atoms with van der Waals surface area (Å²) in [5.74, 6) is 0. The second kappa shape index (κ2) is 13.5. The maximum Gasteiger partial charge on any atom is 0.476 e. The van der Waals surface area contributed by atoms with Gasteiger partial charge in [-0.3, -0.25) is 0 Å². The van der Waals surface area contributed by atoms with E-state index in [2.05, 4.69) is 98.2 Å². The Morgan fingerprint density at radius 3 is 1.00 bits per heavy atom. The van der Waals surface area contributed by atoms with Crippen molar-refractivity contribution in [3.63, 3.8) is 0 Å². The molecule has 0 saturated carbocycles. The Hall–Kier alpha value is 1.89. The second-order valence-corrected chi connectivity index (χ2v) is 48.4. The van der Waals surface area contributed by atoms with E-state index in [0.717, 1.165) is 12.5 Å². The molecule has 0 aromatic rings. The van der Waals surface area contributed by atoms with Gasteiger partial charge < -0.3 is 28.8 Å². The fourth-order valence-electron chi connectivity index (χ4n) is 3.72. The van der Waals surface area contributed by atoms with Gasteiger partial charge in [-0.2, -0.15) is 0 Å². The zero-order valence-electron chi connectivity index (χ0n) is 26.1. The quantitative estimate of drug-likeness (QED) is 0.174. The molecule has 0 unspecified atom stereocenters. The van der Waals surface area contributed by atoms with Crippen LogP contribution in [-0.4, -0.2) is 89.9 Å². The molecule has 0 aromatic carbocycles. The molecule has 0 aromatic heterocycles. The van der Waals surface area contributed by atoms with Gasteiger partial charge in [0.1, 0.15) is 30.7 Å². The van der Waals surface area contributed by atoms with E-state index in [0.29, 0.717) is 21.0 Å². The average molecular weight is 668 g/mol. The van der Waals surface area contributed by atoms with Crippen LogP contribution < -0.4 is 0 Å². The summed E-state index contributed by atoms with van der Waals surface area (Å²) in [6.07, 6.45) is 0.865. The summed E-state index contributed by atoms with van der Waals surface area (Å²) in [5, 5.41) is -0.111. The predicted molar refractivity (Wildman–Crippen MR) is 177 cm³/mol. The summed E-state index contributed by atoms with van der Waals surface area (Å²) in [6, 6.07) is 1.02. The van der Waals surface area contributed by atoms with Crippen molar-refractivity contribution in [2.24, 2.45) is 0 Å². The first-order valence-corrected chi connectivity index (χ1v) is 36.7. The summed E-state index contributed by atoms with van der Waals surface area (Å²) in [5.41, 5.74) is 0. The fourth-order valence-corrected chi connectivity index (χ4v) is 38.9. The van der Waals surface area contributed by atoms with Gasteiger partial charge in [0.05, 0.1) is 5.16 Å². The van der Waals surface area contributed by atoms with Crippen molar-refractivity contribution in [3.8, 4) is 0 Å². The molecule has 17 heteroatoms. The molecule has 7 nitrogen and oxygen atoms in total. The van der Waals surface area contributed by atoms with E-state index in [-0.39, 0.29) is 5.16 Å². The third kappa shape index (κ3) is 15.3. The van der Waals surface area contributed by atoms with Gasteiger partial charge in [-0.15, -0.1) is 0 Å². The second-order valence-electron chi connectivity index (χ2n) is 14.1. The van der Waals surface area contributed by atoms with Crippen LogP contribution in [0.4, 0.5) is 0 Å². The lowest BCUT2D eigenvalue weighted by molar-refractivity contribution is 0.211. The summed E-state index contributed by atoms with van der Waals surface area (Å²) in [4.78, 5) is 0. The lowest BCUT2D eigenvalue weighted by atomic mass is 10.6. The molecule has 0 aliphatic carbocycles. The van der Waals surface area contributed by atoms with E-state index in [1.165, 1.54) is 0 Å². The fraction of sp³-hybridized carbons (Fsp3) is 1.00. The summed E-state index contributed by atoms with van der Waals surface area (Å²) < 4.78 is 47.9. The molecule has 0 aliphatic heterocycles. The Balaban J connectivity index is 6.98. The first-order valence-electron chi connectivity index (χ1n) is 12.8. The molecule has 0 N–H and O–H groups in total. The first kappa shape index (κ1) is 36.9. The van der Waals surface area contributed by atoms with Crippen LogP contribution in [0.1, 0.15) is 6.42 Å². The Morgan fingerprint density at radius 1 is 0.514 bits per heavy atom. The predicted octanol–water partition coefficient (Wildman–Crippen LogP) is 3.52. The van der Waals surface area contributed by atoms with Crippen molar-refractivity contribution in [2.45, 2.75) is 116 Å². The van der Waals surface area contributed by atoms with Crippen LogP contribution >= 0.6 is 0 Å². The lowest BCUT2D eigenvalue weighted by Gasteiger charge is -2.50. The van der Waals surface area contributed by atoms with Gasteiger partial charge in [0.25, 0.3) is 0 Å². The Kier molecular flexibility index (Phi) is 14.2. The van der Waals surface area contributed by atoms with Crippen LogP contribution in [0.5, 0.6) is 0 Å². The molecule has 0 rings (SSSR count). The van der Waals surface area contributed by atoms with Gasteiger partial charge in [-0.25, -0.2) is 0 Å². The van der Waals surface area contributed by atoms with E-state index in [1.54, 1.807) is 0 Å². The van der Waals surface area contributed by atoms with Crippen LogP contribution in [0, 0.1) is 0 Å². The molecule has 212 valence electrons. The smallest absolute Gasteiger partial charge is 0.461 e. The van der Waals surface area contributed by atoms with Crippen molar-refractivity contribution >= 4 is 89.9 Å². The molecule has 0 spiro atoms. The van der Waals surface area contributed by atoms with Gasteiger partial charge in [-0.05, 0) is 111 Å². The minimum absolute atomic E-state index is 0.111. The molecule has 0 fully saturated rings. The Bertz CT molecular complexity index is 560. The first-order chi connectivity index (χ1) is 15.3. The summed E-state index contributed by atoms with van der Waals surface area (Å²) in [6.45, 7) is 33.5. The molecule has 0 saturated heterocycles. The number of rotatable bonds is 17. The third-order valence-electron chi connectivity index (χ3n) is 4.39. The van der Waals surface area contributed by atoms with E-state index in [4.69, 9.17) is 28.8 Å². The van der Waals surface area contributed by atoms with Gasteiger partial charge >= 0.3 is 17.6 Å². The zero-order valence-corrected chi connectivity index (χ0v) is 38.5. The molecule has 0 radical (unpaired) electrons. The van der Waals surface area contributed by atoms with Crippen molar-refractivity contribution in [1.29, 1.82) is 0 Å². The Labute approximate surface area is 233 Å². The molecule has 0 atom stereocenters. The van der Waals surface area contributed by atoms with Gasteiger partial charge in [-0.1, -0.05) is 0 Å². The topological polar surface area (TPSA) is 64.6 Å². The van der Waals surface area contributed by atoms with E-state index < -0.39 is 69.0 Å². The standard InChI is InChI=1S/C18H58O7Si10/c1-29(2,3)21-28-17-16-18(34(19-26,22-30(4,5)6)23-31(7,8)9)35(20-27,24-32(10,11)12)25-33(13,14)15/h18H,16-17,28H2,1-15,26-27H3. The average Bonchev–Trinajstić information content (AvgIpc) is 2.54.